The standard InChI is InChI=1S/C15H21Cl4N/c1-9(2)8-20-6-5-15(3,4)12-10(16)7-11(17)13(18)14(12)19/h7,9,20H,5-6,8H2,1-4H3. The van der Waals surface area contributed by atoms with Gasteiger partial charge in [0, 0.05) is 5.02 Å². The van der Waals surface area contributed by atoms with Crippen molar-refractivity contribution in [3.05, 3.63) is 31.7 Å². The number of hydrogen-bond donors (Lipinski definition) is 1. The van der Waals surface area contributed by atoms with Crippen LogP contribution in [0, 0.1) is 5.92 Å². The first-order chi connectivity index (χ1) is 9.16. The molecule has 0 aliphatic rings. The van der Waals surface area contributed by atoms with Gasteiger partial charge in [0.15, 0.2) is 0 Å². The molecule has 0 aliphatic heterocycles. The van der Waals surface area contributed by atoms with E-state index >= 15 is 0 Å². The Bertz CT molecular complexity index is 469. The van der Waals surface area contributed by atoms with Crippen LogP contribution >= 0.6 is 46.4 Å². The van der Waals surface area contributed by atoms with Gasteiger partial charge in [-0.05, 0) is 42.5 Å². The molecule has 0 aromatic heterocycles. The summed E-state index contributed by atoms with van der Waals surface area (Å²) < 4.78 is 0. The quantitative estimate of drug-likeness (QED) is 0.362. The molecule has 5 heteroatoms. The van der Waals surface area contributed by atoms with Crippen LogP contribution in [0.3, 0.4) is 0 Å². The first kappa shape index (κ1) is 18.4. The third kappa shape index (κ3) is 4.68. The lowest BCUT2D eigenvalue weighted by Gasteiger charge is -2.28. The summed E-state index contributed by atoms with van der Waals surface area (Å²) in [5, 5.41) is 5.21. The van der Waals surface area contributed by atoms with Gasteiger partial charge in [-0.2, -0.15) is 0 Å². The van der Waals surface area contributed by atoms with Gasteiger partial charge < -0.3 is 5.32 Å². The fourth-order valence-electron chi connectivity index (χ4n) is 2.10. The van der Waals surface area contributed by atoms with Crippen LogP contribution in [0.5, 0.6) is 0 Å². The lowest BCUT2D eigenvalue weighted by molar-refractivity contribution is 0.442. The Hall–Kier alpha value is 0.340. The van der Waals surface area contributed by atoms with Crippen LogP contribution in [-0.2, 0) is 5.41 Å². The van der Waals surface area contributed by atoms with Crippen LogP contribution in [0.4, 0.5) is 0 Å². The van der Waals surface area contributed by atoms with E-state index in [9.17, 15) is 0 Å². The highest BCUT2D eigenvalue weighted by Gasteiger charge is 2.28. The Morgan fingerprint density at radius 1 is 1.05 bits per heavy atom. The molecule has 20 heavy (non-hydrogen) atoms. The summed E-state index contributed by atoms with van der Waals surface area (Å²) in [4.78, 5) is 0. The third-order valence-electron chi connectivity index (χ3n) is 3.27. The van der Waals surface area contributed by atoms with Gasteiger partial charge in [-0.1, -0.05) is 74.1 Å². The first-order valence-electron chi connectivity index (χ1n) is 6.71. The van der Waals surface area contributed by atoms with Crippen molar-refractivity contribution in [1.29, 1.82) is 0 Å². The van der Waals surface area contributed by atoms with E-state index < -0.39 is 0 Å². The Morgan fingerprint density at radius 2 is 1.65 bits per heavy atom. The number of halogens is 4. The number of rotatable bonds is 6. The van der Waals surface area contributed by atoms with E-state index in [-0.39, 0.29) is 5.41 Å². The van der Waals surface area contributed by atoms with E-state index in [0.717, 1.165) is 25.1 Å². The predicted molar refractivity (Wildman–Crippen MR) is 91.8 cm³/mol. The maximum atomic E-state index is 6.33. The molecule has 1 N–H and O–H groups in total. The predicted octanol–water partition coefficient (Wildman–Crippen LogP) is 6.21. The summed E-state index contributed by atoms with van der Waals surface area (Å²) in [6.07, 6.45) is 0.914. The fraction of sp³-hybridized carbons (Fsp3) is 0.600. The summed E-state index contributed by atoms with van der Waals surface area (Å²) in [7, 11) is 0. The summed E-state index contributed by atoms with van der Waals surface area (Å²) in [5.74, 6) is 0.635. The molecule has 0 atom stereocenters. The topological polar surface area (TPSA) is 12.0 Å². The molecule has 0 bridgehead atoms. The van der Waals surface area contributed by atoms with E-state index in [0.29, 0.717) is 26.0 Å². The Labute approximate surface area is 141 Å². The van der Waals surface area contributed by atoms with Crippen molar-refractivity contribution < 1.29 is 0 Å². The van der Waals surface area contributed by atoms with Gasteiger partial charge in [0.05, 0.1) is 15.1 Å². The SMILES string of the molecule is CC(C)CNCCC(C)(C)c1c(Cl)cc(Cl)c(Cl)c1Cl. The lowest BCUT2D eigenvalue weighted by atomic mass is 9.81. The van der Waals surface area contributed by atoms with Crippen LogP contribution in [0.25, 0.3) is 0 Å². The van der Waals surface area contributed by atoms with Crippen LogP contribution in [-0.4, -0.2) is 13.1 Å². The minimum Gasteiger partial charge on any atom is -0.316 e. The monoisotopic (exact) mass is 355 g/mol. The zero-order chi connectivity index (χ0) is 15.5. The van der Waals surface area contributed by atoms with E-state index in [1.165, 1.54) is 0 Å². The molecular weight excluding hydrogens is 336 g/mol. The van der Waals surface area contributed by atoms with Gasteiger partial charge in [-0.25, -0.2) is 0 Å². The van der Waals surface area contributed by atoms with Gasteiger partial charge in [0.1, 0.15) is 0 Å². The maximum Gasteiger partial charge on any atom is 0.0782 e. The molecule has 0 radical (unpaired) electrons. The van der Waals surface area contributed by atoms with E-state index in [1.807, 2.05) is 0 Å². The molecule has 114 valence electrons. The van der Waals surface area contributed by atoms with Crippen molar-refractivity contribution >= 4 is 46.4 Å². The fourth-order valence-corrected chi connectivity index (χ4v) is 3.53. The molecule has 0 saturated carbocycles. The second-order valence-corrected chi connectivity index (χ2v) is 7.65. The molecule has 0 amide bonds. The average molecular weight is 357 g/mol. The smallest absolute Gasteiger partial charge is 0.0782 e. The Morgan fingerprint density at radius 3 is 2.20 bits per heavy atom. The second kappa shape index (κ2) is 7.56. The first-order valence-corrected chi connectivity index (χ1v) is 8.22. The molecule has 0 spiro atoms. The molecule has 0 unspecified atom stereocenters. The second-order valence-electron chi connectivity index (χ2n) is 6.08. The van der Waals surface area contributed by atoms with Crippen LogP contribution in [0.15, 0.2) is 6.07 Å². The zero-order valence-corrected chi connectivity index (χ0v) is 15.3. The molecule has 0 fully saturated rings. The van der Waals surface area contributed by atoms with Crippen molar-refractivity contribution in [2.24, 2.45) is 5.92 Å². The van der Waals surface area contributed by atoms with Crippen molar-refractivity contribution in [2.45, 2.75) is 39.5 Å². The molecule has 1 rings (SSSR count). The van der Waals surface area contributed by atoms with Crippen LogP contribution < -0.4 is 5.32 Å². The zero-order valence-electron chi connectivity index (χ0n) is 12.3. The number of benzene rings is 1. The normalized spacial score (nSPS) is 12.2. The molecule has 0 aliphatic carbocycles. The minimum atomic E-state index is -0.174. The van der Waals surface area contributed by atoms with E-state index in [1.54, 1.807) is 6.07 Å². The summed E-state index contributed by atoms with van der Waals surface area (Å²) >= 11 is 24.8. The summed E-state index contributed by atoms with van der Waals surface area (Å²) in [5.41, 5.74) is 0.688. The number of nitrogens with one attached hydrogen (secondary N) is 1. The average Bonchev–Trinajstić information content (AvgIpc) is 2.31. The lowest BCUT2D eigenvalue weighted by Crippen LogP contribution is -2.28. The highest BCUT2D eigenvalue weighted by atomic mass is 35.5. The van der Waals surface area contributed by atoms with E-state index in [4.69, 9.17) is 46.4 Å². The van der Waals surface area contributed by atoms with Crippen molar-refractivity contribution in [3.63, 3.8) is 0 Å². The van der Waals surface area contributed by atoms with Gasteiger partial charge in [0.25, 0.3) is 0 Å². The maximum absolute atomic E-state index is 6.33. The molecule has 0 heterocycles. The van der Waals surface area contributed by atoms with Crippen LogP contribution in [0.2, 0.25) is 20.1 Å². The molecule has 1 aromatic rings. The highest BCUT2D eigenvalue weighted by Crippen LogP contribution is 2.44. The van der Waals surface area contributed by atoms with Gasteiger partial charge in [0.2, 0.25) is 0 Å². The van der Waals surface area contributed by atoms with Crippen molar-refractivity contribution in [1.82, 2.24) is 5.32 Å². The summed E-state index contributed by atoms with van der Waals surface area (Å²) in [6, 6.07) is 1.66. The van der Waals surface area contributed by atoms with Gasteiger partial charge in [-0.15, -0.1) is 0 Å². The Balaban J connectivity index is 2.90. The largest absolute Gasteiger partial charge is 0.316 e. The van der Waals surface area contributed by atoms with Gasteiger partial charge in [-0.3, -0.25) is 0 Å². The molecule has 1 nitrogen and oxygen atoms in total. The van der Waals surface area contributed by atoms with Crippen LogP contribution in [0.1, 0.15) is 39.7 Å². The number of hydrogen-bond acceptors (Lipinski definition) is 1. The Kier molecular flexibility index (Phi) is 6.95. The summed E-state index contributed by atoms with van der Waals surface area (Å²) in [6.45, 7) is 10.5. The highest BCUT2D eigenvalue weighted by molar-refractivity contribution is 6.49. The van der Waals surface area contributed by atoms with Crippen molar-refractivity contribution in [3.8, 4) is 0 Å². The molecule has 1 aromatic carbocycles. The molecular formula is C15H21Cl4N. The third-order valence-corrected chi connectivity index (χ3v) is 4.83. The minimum absolute atomic E-state index is 0.174. The van der Waals surface area contributed by atoms with Gasteiger partial charge >= 0.3 is 0 Å². The molecule has 0 saturated heterocycles. The van der Waals surface area contributed by atoms with E-state index in [2.05, 4.69) is 33.0 Å². The van der Waals surface area contributed by atoms with Crippen molar-refractivity contribution in [2.75, 3.05) is 13.1 Å².